The Hall–Kier alpha value is -1.43. The lowest BCUT2D eigenvalue weighted by Crippen LogP contribution is -2.34. The van der Waals surface area contributed by atoms with Crippen LogP contribution in [0.15, 0.2) is 29.6 Å². The Morgan fingerprint density at radius 1 is 1.19 bits per heavy atom. The smallest absolute Gasteiger partial charge is 0.228 e. The second kappa shape index (κ2) is 9.18. The Morgan fingerprint density at radius 3 is 2.48 bits per heavy atom. The van der Waals surface area contributed by atoms with E-state index < -0.39 is 0 Å². The number of carbonyl (C=O) groups excluding carboxylic acids is 1. The number of aryl methyl sites for hydroxylation is 1. The average molecular weight is 406 g/mol. The summed E-state index contributed by atoms with van der Waals surface area (Å²) in [6.07, 6.45) is 3.74. The number of carbonyl (C=O) groups is 1. The predicted molar refractivity (Wildman–Crippen MR) is 114 cm³/mol. The number of fused-ring (bicyclic) bond motifs is 1. The van der Waals surface area contributed by atoms with Gasteiger partial charge in [-0.3, -0.25) is 4.79 Å². The van der Waals surface area contributed by atoms with Crippen molar-refractivity contribution in [3.63, 3.8) is 0 Å². The number of rotatable bonds is 4. The van der Waals surface area contributed by atoms with Crippen molar-refractivity contribution in [1.82, 2.24) is 15.2 Å². The second-order valence-electron chi connectivity index (χ2n) is 7.51. The van der Waals surface area contributed by atoms with Crippen LogP contribution in [0.25, 0.3) is 10.6 Å². The van der Waals surface area contributed by atoms with Crippen molar-refractivity contribution in [3.05, 3.63) is 40.9 Å². The Bertz CT molecular complexity index is 747. The van der Waals surface area contributed by atoms with Crippen LogP contribution in [0.1, 0.15) is 31.0 Å². The number of nitrogens with zero attached hydrogens (tertiary/aromatic N) is 2. The van der Waals surface area contributed by atoms with Crippen LogP contribution in [0.3, 0.4) is 0 Å². The van der Waals surface area contributed by atoms with Crippen molar-refractivity contribution < 1.29 is 4.79 Å². The molecule has 0 unspecified atom stereocenters. The van der Waals surface area contributed by atoms with Gasteiger partial charge in [0.25, 0.3) is 0 Å². The number of amides is 1. The Morgan fingerprint density at radius 2 is 1.85 bits per heavy atom. The third kappa shape index (κ3) is 4.71. The molecule has 4 rings (SSSR count). The first-order chi connectivity index (χ1) is 12.7. The van der Waals surface area contributed by atoms with Gasteiger partial charge in [0.1, 0.15) is 5.01 Å². The van der Waals surface area contributed by atoms with E-state index in [9.17, 15) is 4.79 Å². The number of thiazole rings is 1. The summed E-state index contributed by atoms with van der Waals surface area (Å²) < 4.78 is 0. The number of hydrogen-bond donors (Lipinski definition) is 1. The third-order valence-electron chi connectivity index (χ3n) is 5.87. The van der Waals surface area contributed by atoms with E-state index >= 15 is 0 Å². The molecule has 1 aromatic carbocycles. The minimum atomic E-state index is 0. The van der Waals surface area contributed by atoms with E-state index in [2.05, 4.69) is 41.4 Å². The number of likely N-dealkylation sites (tertiary alicyclic amines) is 1. The molecular formula is C21H28ClN3OS. The van der Waals surface area contributed by atoms with Crippen LogP contribution in [0.4, 0.5) is 0 Å². The van der Waals surface area contributed by atoms with Gasteiger partial charge in [0, 0.05) is 24.0 Å². The second-order valence-corrected chi connectivity index (χ2v) is 8.37. The molecule has 6 heteroatoms. The highest BCUT2D eigenvalue weighted by molar-refractivity contribution is 7.13. The van der Waals surface area contributed by atoms with Crippen molar-refractivity contribution in [3.8, 4) is 10.6 Å². The molecule has 2 atom stereocenters. The molecule has 27 heavy (non-hydrogen) atoms. The highest BCUT2D eigenvalue weighted by atomic mass is 35.5. The standard InChI is InChI=1S/C21H27N3OS.ClH/c1-2-15-3-5-16(6-4-15)21-23-19(14-26-21)11-20(25)24-9-7-17-12-22-13-18(17)8-10-24;/h3-6,14,17-18,22H,2,7-13H2,1H3;1H/t17-,18+;. The summed E-state index contributed by atoms with van der Waals surface area (Å²) in [6, 6.07) is 8.57. The van der Waals surface area contributed by atoms with Gasteiger partial charge in [-0.15, -0.1) is 23.7 Å². The summed E-state index contributed by atoms with van der Waals surface area (Å²) >= 11 is 1.63. The number of nitrogens with one attached hydrogen (secondary N) is 1. The van der Waals surface area contributed by atoms with Crippen LogP contribution in [0.2, 0.25) is 0 Å². The molecule has 2 fully saturated rings. The van der Waals surface area contributed by atoms with Crippen LogP contribution >= 0.6 is 23.7 Å². The molecule has 0 spiro atoms. The molecule has 0 aliphatic carbocycles. The lowest BCUT2D eigenvalue weighted by Gasteiger charge is -2.20. The van der Waals surface area contributed by atoms with E-state index in [0.29, 0.717) is 6.42 Å². The van der Waals surface area contributed by atoms with Crippen LogP contribution < -0.4 is 5.32 Å². The minimum absolute atomic E-state index is 0. The topological polar surface area (TPSA) is 45.2 Å². The molecule has 146 valence electrons. The normalized spacial score (nSPS) is 22.0. The Kier molecular flexibility index (Phi) is 6.90. The van der Waals surface area contributed by atoms with Crippen molar-refractivity contribution in [2.75, 3.05) is 26.2 Å². The van der Waals surface area contributed by atoms with Crippen LogP contribution in [0, 0.1) is 11.8 Å². The van der Waals surface area contributed by atoms with Crippen molar-refractivity contribution >= 4 is 29.7 Å². The molecular weight excluding hydrogens is 378 g/mol. The molecule has 2 aromatic rings. The fourth-order valence-corrected chi connectivity index (χ4v) is 4.96. The maximum absolute atomic E-state index is 12.7. The first-order valence-electron chi connectivity index (χ1n) is 9.75. The van der Waals surface area contributed by atoms with E-state index in [1.807, 2.05) is 5.38 Å². The number of hydrogen-bond acceptors (Lipinski definition) is 4. The zero-order chi connectivity index (χ0) is 17.9. The molecule has 0 bridgehead atoms. The molecule has 0 saturated carbocycles. The summed E-state index contributed by atoms with van der Waals surface area (Å²) in [4.78, 5) is 19.5. The molecule has 3 heterocycles. The van der Waals surface area contributed by atoms with Crippen LogP contribution in [-0.2, 0) is 17.6 Å². The fraction of sp³-hybridized carbons (Fsp3) is 0.524. The fourth-order valence-electron chi connectivity index (χ4n) is 4.14. The first kappa shape index (κ1) is 20.3. The summed E-state index contributed by atoms with van der Waals surface area (Å²) in [5, 5.41) is 6.53. The minimum Gasteiger partial charge on any atom is -0.342 e. The lowest BCUT2D eigenvalue weighted by molar-refractivity contribution is -0.130. The zero-order valence-electron chi connectivity index (χ0n) is 15.8. The maximum Gasteiger partial charge on any atom is 0.228 e. The van der Waals surface area contributed by atoms with Gasteiger partial charge >= 0.3 is 0 Å². The van der Waals surface area contributed by atoms with E-state index in [1.165, 1.54) is 5.56 Å². The monoisotopic (exact) mass is 405 g/mol. The van der Waals surface area contributed by atoms with E-state index in [1.54, 1.807) is 11.3 Å². The Labute approximate surface area is 171 Å². The Balaban J connectivity index is 0.00000210. The van der Waals surface area contributed by atoms with Gasteiger partial charge in [0.2, 0.25) is 5.91 Å². The van der Waals surface area contributed by atoms with Crippen LogP contribution in [-0.4, -0.2) is 42.0 Å². The number of benzene rings is 1. The zero-order valence-corrected chi connectivity index (χ0v) is 17.5. The predicted octanol–water partition coefficient (Wildman–Crippen LogP) is 3.79. The average Bonchev–Trinajstić information content (AvgIpc) is 3.27. The van der Waals surface area contributed by atoms with Gasteiger partial charge in [-0.2, -0.15) is 0 Å². The first-order valence-corrected chi connectivity index (χ1v) is 10.6. The molecule has 4 nitrogen and oxygen atoms in total. The number of halogens is 1. The molecule has 2 saturated heterocycles. The van der Waals surface area contributed by atoms with E-state index in [4.69, 9.17) is 4.98 Å². The molecule has 2 aliphatic heterocycles. The molecule has 2 aliphatic rings. The van der Waals surface area contributed by atoms with Gasteiger partial charge in [-0.1, -0.05) is 31.2 Å². The molecule has 1 amide bonds. The van der Waals surface area contributed by atoms with Crippen molar-refractivity contribution in [2.24, 2.45) is 11.8 Å². The highest BCUT2D eigenvalue weighted by Gasteiger charge is 2.31. The van der Waals surface area contributed by atoms with Gasteiger partial charge in [-0.05, 0) is 49.8 Å². The highest BCUT2D eigenvalue weighted by Crippen LogP contribution is 2.28. The van der Waals surface area contributed by atoms with Crippen molar-refractivity contribution in [2.45, 2.75) is 32.6 Å². The number of aromatic nitrogens is 1. The lowest BCUT2D eigenvalue weighted by atomic mass is 9.92. The summed E-state index contributed by atoms with van der Waals surface area (Å²) in [7, 11) is 0. The molecule has 1 N–H and O–H groups in total. The largest absolute Gasteiger partial charge is 0.342 e. The van der Waals surface area contributed by atoms with Gasteiger partial charge in [0.15, 0.2) is 0 Å². The summed E-state index contributed by atoms with van der Waals surface area (Å²) in [6.45, 7) is 6.21. The SMILES string of the molecule is CCc1ccc(-c2nc(CC(=O)N3CC[C@@H]4CNC[C@@H]4CC3)cs2)cc1.Cl. The van der Waals surface area contributed by atoms with Crippen LogP contribution in [0.5, 0.6) is 0 Å². The quantitative estimate of drug-likeness (QED) is 0.841. The summed E-state index contributed by atoms with van der Waals surface area (Å²) in [5.41, 5.74) is 3.38. The molecule has 0 radical (unpaired) electrons. The van der Waals surface area contributed by atoms with E-state index in [0.717, 1.165) is 73.5 Å². The van der Waals surface area contributed by atoms with Gasteiger partial charge in [0.05, 0.1) is 12.1 Å². The van der Waals surface area contributed by atoms with Crippen molar-refractivity contribution in [1.29, 1.82) is 0 Å². The molecule has 1 aromatic heterocycles. The van der Waals surface area contributed by atoms with Gasteiger partial charge < -0.3 is 10.2 Å². The van der Waals surface area contributed by atoms with Gasteiger partial charge in [-0.25, -0.2) is 4.98 Å². The third-order valence-corrected chi connectivity index (χ3v) is 6.81. The van der Waals surface area contributed by atoms with E-state index in [-0.39, 0.29) is 18.3 Å². The summed E-state index contributed by atoms with van der Waals surface area (Å²) in [5.74, 6) is 1.74. The maximum atomic E-state index is 12.7.